The van der Waals surface area contributed by atoms with Gasteiger partial charge in [-0.15, -0.1) is 24.0 Å². The summed E-state index contributed by atoms with van der Waals surface area (Å²) in [7, 11) is 1.76. The van der Waals surface area contributed by atoms with Crippen LogP contribution in [0.25, 0.3) is 0 Å². The summed E-state index contributed by atoms with van der Waals surface area (Å²) in [5.41, 5.74) is -0.490. The molecule has 0 unspecified atom stereocenters. The predicted molar refractivity (Wildman–Crippen MR) is 117 cm³/mol. The topological polar surface area (TPSA) is 95.0 Å². The number of carbonyl (C=O) groups is 1. The minimum Gasteiger partial charge on any atom is -0.444 e. The number of piperazine rings is 1. The van der Waals surface area contributed by atoms with Crippen molar-refractivity contribution in [2.45, 2.75) is 26.4 Å². The zero-order chi connectivity index (χ0) is 19.0. The summed E-state index contributed by atoms with van der Waals surface area (Å²) >= 11 is 0. The van der Waals surface area contributed by atoms with Crippen LogP contribution in [0, 0.1) is 0 Å². The van der Waals surface area contributed by atoms with Crippen molar-refractivity contribution in [3.8, 4) is 0 Å². The van der Waals surface area contributed by atoms with Gasteiger partial charge >= 0.3 is 6.09 Å². The van der Waals surface area contributed by atoms with Gasteiger partial charge in [-0.05, 0) is 26.8 Å². The zero-order valence-electron chi connectivity index (χ0n) is 16.4. The highest BCUT2D eigenvalue weighted by molar-refractivity contribution is 14.0. The van der Waals surface area contributed by atoms with E-state index < -0.39 is 11.7 Å². The van der Waals surface area contributed by atoms with Gasteiger partial charge in [-0.25, -0.2) is 14.8 Å². The number of nitrogens with one attached hydrogen (secondary N) is 2. The Hall–Kier alpha value is -1.85. The standard InChI is InChI=1S/C17H29N7O2.HI/c1-17(2,3)26-16(25)22-9-8-21-14(18-4)23-10-12-24(13-11-23)15-19-6-5-7-20-15;/h5-7H,8-13H2,1-4H3,(H,18,21)(H,22,25);1H. The summed E-state index contributed by atoms with van der Waals surface area (Å²) in [4.78, 5) is 28.9. The number of alkyl carbamates (subject to hydrolysis) is 1. The first-order chi connectivity index (χ1) is 12.4. The summed E-state index contributed by atoms with van der Waals surface area (Å²) in [6.45, 7) is 9.89. The van der Waals surface area contributed by atoms with E-state index >= 15 is 0 Å². The van der Waals surface area contributed by atoms with E-state index in [1.54, 1.807) is 19.4 Å². The van der Waals surface area contributed by atoms with E-state index in [4.69, 9.17) is 4.74 Å². The van der Waals surface area contributed by atoms with Crippen LogP contribution in [-0.2, 0) is 4.74 Å². The molecule has 1 amide bonds. The number of amides is 1. The number of hydrogen-bond donors (Lipinski definition) is 2. The van der Waals surface area contributed by atoms with E-state index in [-0.39, 0.29) is 24.0 Å². The number of aromatic nitrogens is 2. The molecule has 27 heavy (non-hydrogen) atoms. The van der Waals surface area contributed by atoms with E-state index in [2.05, 4.69) is 35.4 Å². The molecule has 2 heterocycles. The molecule has 9 nitrogen and oxygen atoms in total. The maximum Gasteiger partial charge on any atom is 0.407 e. The molecule has 0 atom stereocenters. The van der Waals surface area contributed by atoms with Gasteiger partial charge in [0, 0.05) is 58.7 Å². The fourth-order valence-electron chi connectivity index (χ4n) is 2.56. The van der Waals surface area contributed by atoms with Crippen LogP contribution < -0.4 is 15.5 Å². The van der Waals surface area contributed by atoms with Crippen molar-refractivity contribution < 1.29 is 9.53 Å². The van der Waals surface area contributed by atoms with E-state index in [0.29, 0.717) is 13.1 Å². The largest absolute Gasteiger partial charge is 0.444 e. The minimum absolute atomic E-state index is 0. The van der Waals surface area contributed by atoms with Crippen LogP contribution in [0.3, 0.4) is 0 Å². The first-order valence-corrected chi connectivity index (χ1v) is 8.83. The molecule has 1 aromatic rings. The highest BCUT2D eigenvalue weighted by atomic mass is 127. The van der Waals surface area contributed by atoms with Gasteiger partial charge in [0.2, 0.25) is 5.95 Å². The normalized spacial score (nSPS) is 15.0. The van der Waals surface area contributed by atoms with Crippen molar-refractivity contribution in [1.29, 1.82) is 0 Å². The summed E-state index contributed by atoms with van der Waals surface area (Å²) in [6.07, 6.45) is 3.10. The lowest BCUT2D eigenvalue weighted by atomic mass is 10.2. The number of ether oxygens (including phenoxy) is 1. The Morgan fingerprint density at radius 2 is 1.74 bits per heavy atom. The molecule has 0 aliphatic carbocycles. The Bertz CT molecular complexity index is 599. The van der Waals surface area contributed by atoms with Crippen molar-refractivity contribution in [1.82, 2.24) is 25.5 Å². The fraction of sp³-hybridized carbons (Fsp3) is 0.647. The second-order valence-corrected chi connectivity index (χ2v) is 6.93. The predicted octanol–water partition coefficient (Wildman–Crippen LogP) is 1.32. The molecule has 0 bridgehead atoms. The van der Waals surface area contributed by atoms with Crippen LogP contribution in [0.4, 0.5) is 10.7 Å². The van der Waals surface area contributed by atoms with Gasteiger partial charge in [-0.2, -0.15) is 0 Å². The van der Waals surface area contributed by atoms with Crippen molar-refractivity contribution in [3.63, 3.8) is 0 Å². The summed E-state index contributed by atoms with van der Waals surface area (Å²) in [5, 5.41) is 6.00. The molecule has 0 radical (unpaired) electrons. The Morgan fingerprint density at radius 3 is 2.30 bits per heavy atom. The summed E-state index contributed by atoms with van der Waals surface area (Å²) < 4.78 is 5.21. The Balaban J connectivity index is 0.00000364. The number of hydrogen-bond acceptors (Lipinski definition) is 6. The molecule has 2 rings (SSSR count). The molecule has 0 spiro atoms. The fourth-order valence-corrected chi connectivity index (χ4v) is 2.56. The maximum atomic E-state index is 11.6. The van der Waals surface area contributed by atoms with Crippen molar-refractivity contribution >= 4 is 42.0 Å². The van der Waals surface area contributed by atoms with Gasteiger partial charge in [0.05, 0.1) is 0 Å². The van der Waals surface area contributed by atoms with Crippen molar-refractivity contribution in [2.24, 2.45) is 4.99 Å². The van der Waals surface area contributed by atoms with Gasteiger partial charge in [0.1, 0.15) is 5.60 Å². The number of nitrogens with zero attached hydrogens (tertiary/aromatic N) is 5. The number of anilines is 1. The van der Waals surface area contributed by atoms with Crippen LogP contribution >= 0.6 is 24.0 Å². The Labute approximate surface area is 178 Å². The molecule has 10 heteroatoms. The number of carbonyl (C=O) groups excluding carboxylic acids is 1. The number of halogens is 1. The van der Waals surface area contributed by atoms with Crippen LogP contribution in [0.2, 0.25) is 0 Å². The summed E-state index contributed by atoms with van der Waals surface area (Å²) in [5.74, 6) is 1.58. The van der Waals surface area contributed by atoms with Crippen LogP contribution in [0.15, 0.2) is 23.5 Å². The van der Waals surface area contributed by atoms with E-state index in [1.807, 2.05) is 26.8 Å². The molecule has 1 aromatic heterocycles. The smallest absolute Gasteiger partial charge is 0.407 e. The number of guanidine groups is 1. The van der Waals surface area contributed by atoms with Gasteiger partial charge < -0.3 is 25.2 Å². The van der Waals surface area contributed by atoms with Gasteiger partial charge in [0.15, 0.2) is 5.96 Å². The average molecular weight is 491 g/mol. The molecule has 1 aliphatic rings. The third kappa shape index (κ3) is 8.14. The maximum absolute atomic E-state index is 11.6. The molecular weight excluding hydrogens is 461 g/mol. The lowest BCUT2D eigenvalue weighted by Gasteiger charge is -2.36. The SMILES string of the molecule is CN=C(NCCNC(=O)OC(C)(C)C)N1CCN(c2ncccn2)CC1.I. The second kappa shape index (κ2) is 11.1. The van der Waals surface area contributed by atoms with Crippen LogP contribution in [0.1, 0.15) is 20.8 Å². The highest BCUT2D eigenvalue weighted by Crippen LogP contribution is 2.09. The van der Waals surface area contributed by atoms with Crippen LogP contribution in [0.5, 0.6) is 0 Å². The van der Waals surface area contributed by atoms with Gasteiger partial charge in [0.25, 0.3) is 0 Å². The monoisotopic (exact) mass is 491 g/mol. The molecule has 0 aromatic carbocycles. The lowest BCUT2D eigenvalue weighted by molar-refractivity contribution is 0.0529. The molecule has 1 saturated heterocycles. The average Bonchev–Trinajstić information content (AvgIpc) is 2.61. The minimum atomic E-state index is -0.490. The molecule has 152 valence electrons. The van der Waals surface area contributed by atoms with Crippen molar-refractivity contribution in [3.05, 3.63) is 18.5 Å². The van der Waals surface area contributed by atoms with Gasteiger partial charge in [-0.1, -0.05) is 0 Å². The van der Waals surface area contributed by atoms with Crippen molar-refractivity contribution in [2.75, 3.05) is 51.2 Å². The Kier molecular flexibility index (Phi) is 9.53. The third-order valence-electron chi connectivity index (χ3n) is 3.70. The van der Waals surface area contributed by atoms with E-state index in [1.165, 1.54) is 0 Å². The number of rotatable bonds is 4. The van der Waals surface area contributed by atoms with E-state index in [0.717, 1.165) is 38.1 Å². The molecular formula is C17H30IN7O2. The van der Waals surface area contributed by atoms with Crippen LogP contribution in [-0.4, -0.2) is 78.8 Å². The quantitative estimate of drug-likeness (QED) is 0.284. The van der Waals surface area contributed by atoms with E-state index in [9.17, 15) is 4.79 Å². The zero-order valence-corrected chi connectivity index (χ0v) is 18.8. The molecule has 1 aliphatic heterocycles. The second-order valence-electron chi connectivity index (χ2n) is 6.93. The lowest BCUT2D eigenvalue weighted by Crippen LogP contribution is -2.53. The van der Waals surface area contributed by atoms with Gasteiger partial charge in [-0.3, -0.25) is 4.99 Å². The first kappa shape index (κ1) is 23.2. The molecule has 1 fully saturated rings. The first-order valence-electron chi connectivity index (χ1n) is 8.83. The third-order valence-corrected chi connectivity index (χ3v) is 3.70. The molecule has 2 N–H and O–H groups in total. The highest BCUT2D eigenvalue weighted by Gasteiger charge is 2.21. The Morgan fingerprint density at radius 1 is 1.15 bits per heavy atom. The summed E-state index contributed by atoms with van der Waals surface area (Å²) in [6, 6.07) is 1.82. The molecule has 0 saturated carbocycles. The number of aliphatic imine (C=N–C) groups is 1.